The van der Waals surface area contributed by atoms with Gasteiger partial charge >= 0.3 is 0 Å². The highest BCUT2D eigenvalue weighted by atomic mass is 32.2. The van der Waals surface area contributed by atoms with Crippen LogP contribution < -0.4 is 10.6 Å². The van der Waals surface area contributed by atoms with E-state index in [1.54, 1.807) is 17.8 Å². The van der Waals surface area contributed by atoms with E-state index in [9.17, 15) is 9.59 Å². The molecule has 0 saturated carbocycles. The molecule has 146 valence electrons. The Labute approximate surface area is 172 Å². The van der Waals surface area contributed by atoms with Crippen LogP contribution in [0.3, 0.4) is 0 Å². The van der Waals surface area contributed by atoms with E-state index in [2.05, 4.69) is 20.6 Å². The molecule has 3 rings (SSSR count). The number of thiazole rings is 1. The van der Waals surface area contributed by atoms with Crippen LogP contribution in [0, 0.1) is 6.92 Å². The summed E-state index contributed by atoms with van der Waals surface area (Å²) in [6, 6.07) is 10.5. The number of para-hydroxylation sites is 1. The summed E-state index contributed by atoms with van der Waals surface area (Å²) >= 11 is 3.14. The van der Waals surface area contributed by atoms with E-state index in [1.807, 2.05) is 48.9 Å². The maximum Gasteiger partial charge on any atom is 0.270 e. The molecular weight excluding hydrogens is 392 g/mol. The number of rotatable bonds is 8. The first-order valence-corrected chi connectivity index (χ1v) is 11.2. The summed E-state index contributed by atoms with van der Waals surface area (Å²) in [5, 5.41) is 9.46. The number of hydrogen-bond donors (Lipinski definition) is 2. The van der Waals surface area contributed by atoms with Crippen LogP contribution >= 0.6 is 23.1 Å². The molecule has 2 N–H and O–H groups in total. The van der Waals surface area contributed by atoms with E-state index in [4.69, 9.17) is 0 Å². The second kappa shape index (κ2) is 9.66. The Balaban J connectivity index is 1.67. The molecule has 1 aromatic carbocycles. The number of fused-ring (bicyclic) bond motifs is 1. The van der Waals surface area contributed by atoms with Gasteiger partial charge in [0.1, 0.15) is 16.7 Å². The van der Waals surface area contributed by atoms with E-state index in [0.717, 1.165) is 27.4 Å². The molecule has 28 heavy (non-hydrogen) atoms. The van der Waals surface area contributed by atoms with Crippen molar-refractivity contribution in [3.05, 3.63) is 58.2 Å². The van der Waals surface area contributed by atoms with E-state index in [0.29, 0.717) is 18.7 Å². The Kier molecular flexibility index (Phi) is 7.00. The first kappa shape index (κ1) is 20.3. The van der Waals surface area contributed by atoms with Gasteiger partial charge in [0.05, 0.1) is 12.1 Å². The Hall–Kier alpha value is -2.45. The molecule has 0 aliphatic heterocycles. The molecule has 2 heterocycles. The van der Waals surface area contributed by atoms with Gasteiger partial charge in [-0.05, 0) is 37.5 Å². The zero-order valence-electron chi connectivity index (χ0n) is 15.8. The minimum absolute atomic E-state index is 0.212. The summed E-state index contributed by atoms with van der Waals surface area (Å²) in [5.74, 6) is 0.202. The SMILES string of the molecule is CSCCC(NC(=O)c1ccc2ccccc2n1)C(=O)NCc1nc(C)cs1. The fraction of sp³-hybridized carbons (Fsp3) is 0.300. The van der Waals surface area contributed by atoms with Gasteiger partial charge in [-0.25, -0.2) is 9.97 Å². The summed E-state index contributed by atoms with van der Waals surface area (Å²) in [4.78, 5) is 34.1. The fourth-order valence-electron chi connectivity index (χ4n) is 2.70. The molecule has 6 nitrogen and oxygen atoms in total. The average Bonchev–Trinajstić information content (AvgIpc) is 3.13. The maximum absolute atomic E-state index is 12.7. The number of hydrogen-bond acceptors (Lipinski definition) is 6. The number of thioether (sulfide) groups is 1. The van der Waals surface area contributed by atoms with Gasteiger partial charge < -0.3 is 10.6 Å². The van der Waals surface area contributed by atoms with Crippen molar-refractivity contribution in [1.29, 1.82) is 0 Å². The van der Waals surface area contributed by atoms with Crippen molar-refractivity contribution in [2.75, 3.05) is 12.0 Å². The summed E-state index contributed by atoms with van der Waals surface area (Å²) in [5.41, 5.74) is 1.99. The number of pyridine rings is 1. The highest BCUT2D eigenvalue weighted by Crippen LogP contribution is 2.12. The molecule has 0 radical (unpaired) electrons. The van der Waals surface area contributed by atoms with E-state index < -0.39 is 6.04 Å². The first-order chi connectivity index (χ1) is 13.6. The van der Waals surface area contributed by atoms with Crippen LogP contribution in [0.1, 0.15) is 27.6 Å². The van der Waals surface area contributed by atoms with Crippen molar-refractivity contribution in [1.82, 2.24) is 20.6 Å². The third-order valence-corrected chi connectivity index (χ3v) is 5.75. The lowest BCUT2D eigenvalue weighted by atomic mass is 10.1. The van der Waals surface area contributed by atoms with Crippen LogP contribution in [-0.2, 0) is 11.3 Å². The number of nitrogens with one attached hydrogen (secondary N) is 2. The number of benzene rings is 1. The Bertz CT molecular complexity index is 974. The molecule has 1 atom stereocenters. The smallest absolute Gasteiger partial charge is 0.270 e. The Morgan fingerprint density at radius 2 is 2.00 bits per heavy atom. The molecule has 0 fully saturated rings. The fourth-order valence-corrected chi connectivity index (χ4v) is 3.88. The van der Waals surface area contributed by atoms with Gasteiger partial charge in [-0.1, -0.05) is 24.3 Å². The summed E-state index contributed by atoms with van der Waals surface area (Å²) in [6.45, 7) is 2.27. The molecule has 2 amide bonds. The van der Waals surface area contributed by atoms with Crippen molar-refractivity contribution in [3.63, 3.8) is 0 Å². The molecule has 8 heteroatoms. The quantitative estimate of drug-likeness (QED) is 0.591. The molecule has 1 unspecified atom stereocenters. The maximum atomic E-state index is 12.7. The molecule has 0 aliphatic carbocycles. The molecule has 0 saturated heterocycles. The molecule has 3 aromatic rings. The lowest BCUT2D eigenvalue weighted by molar-refractivity contribution is -0.123. The van der Waals surface area contributed by atoms with Crippen LogP contribution in [0.2, 0.25) is 0 Å². The molecule has 0 spiro atoms. The van der Waals surface area contributed by atoms with E-state index in [-0.39, 0.29) is 11.8 Å². The largest absolute Gasteiger partial charge is 0.348 e. The van der Waals surface area contributed by atoms with Crippen LogP contribution in [0.15, 0.2) is 41.8 Å². The molecule has 0 aliphatic rings. The van der Waals surface area contributed by atoms with Crippen LogP contribution in [0.4, 0.5) is 0 Å². The zero-order chi connectivity index (χ0) is 19.9. The van der Waals surface area contributed by atoms with Crippen LogP contribution in [-0.4, -0.2) is 39.8 Å². The zero-order valence-corrected chi connectivity index (χ0v) is 17.4. The number of carbonyl (C=O) groups excluding carboxylic acids is 2. The second-order valence-electron chi connectivity index (χ2n) is 6.30. The third-order valence-electron chi connectivity index (χ3n) is 4.14. The summed E-state index contributed by atoms with van der Waals surface area (Å²) < 4.78 is 0. The first-order valence-electron chi connectivity index (χ1n) is 8.91. The van der Waals surface area contributed by atoms with Crippen molar-refractivity contribution in [2.24, 2.45) is 0 Å². The van der Waals surface area contributed by atoms with Gasteiger partial charge in [0.2, 0.25) is 5.91 Å². The number of aromatic nitrogens is 2. The second-order valence-corrected chi connectivity index (χ2v) is 8.23. The highest BCUT2D eigenvalue weighted by Gasteiger charge is 2.22. The van der Waals surface area contributed by atoms with Crippen LogP contribution in [0.5, 0.6) is 0 Å². The summed E-state index contributed by atoms with van der Waals surface area (Å²) in [7, 11) is 0. The Morgan fingerprint density at radius 3 is 2.75 bits per heavy atom. The average molecular weight is 415 g/mol. The van der Waals surface area contributed by atoms with Gasteiger partial charge in [-0.2, -0.15) is 11.8 Å². The van der Waals surface area contributed by atoms with Gasteiger partial charge in [-0.3, -0.25) is 9.59 Å². The van der Waals surface area contributed by atoms with Gasteiger partial charge in [-0.15, -0.1) is 11.3 Å². The van der Waals surface area contributed by atoms with Gasteiger partial charge in [0.15, 0.2) is 0 Å². The van der Waals surface area contributed by atoms with E-state index in [1.165, 1.54) is 11.3 Å². The topological polar surface area (TPSA) is 84.0 Å². The lowest BCUT2D eigenvalue weighted by Gasteiger charge is -2.17. The van der Waals surface area contributed by atoms with Crippen LogP contribution in [0.25, 0.3) is 10.9 Å². The predicted octanol–water partition coefficient (Wildman–Crippen LogP) is 3.17. The number of amides is 2. The lowest BCUT2D eigenvalue weighted by Crippen LogP contribution is -2.47. The Morgan fingerprint density at radius 1 is 1.18 bits per heavy atom. The molecular formula is C20H22N4O2S2. The van der Waals surface area contributed by atoms with Gasteiger partial charge in [0.25, 0.3) is 5.91 Å². The standard InChI is InChI=1S/C20H22N4O2S2/c1-13-12-28-18(22-13)11-21-19(25)17(9-10-27-2)24-20(26)16-8-7-14-5-3-4-6-15(14)23-16/h3-8,12,17H,9-11H2,1-2H3,(H,21,25)(H,24,26). The van der Waals surface area contributed by atoms with Crippen molar-refractivity contribution in [2.45, 2.75) is 25.9 Å². The van der Waals surface area contributed by atoms with Gasteiger partial charge in [0, 0.05) is 16.5 Å². The van der Waals surface area contributed by atoms with Crippen molar-refractivity contribution in [3.8, 4) is 0 Å². The number of nitrogens with zero attached hydrogens (tertiary/aromatic N) is 2. The predicted molar refractivity (Wildman–Crippen MR) is 115 cm³/mol. The number of carbonyl (C=O) groups is 2. The third kappa shape index (κ3) is 5.30. The number of aryl methyl sites for hydroxylation is 1. The molecule has 0 bridgehead atoms. The minimum atomic E-state index is -0.616. The van der Waals surface area contributed by atoms with Crippen molar-refractivity contribution < 1.29 is 9.59 Å². The van der Waals surface area contributed by atoms with Crippen molar-refractivity contribution >= 4 is 45.8 Å². The van der Waals surface area contributed by atoms with E-state index >= 15 is 0 Å². The summed E-state index contributed by atoms with van der Waals surface area (Å²) in [6.07, 6.45) is 2.52. The molecule has 2 aromatic heterocycles. The monoisotopic (exact) mass is 414 g/mol. The normalized spacial score (nSPS) is 11.9. The minimum Gasteiger partial charge on any atom is -0.348 e. The highest BCUT2D eigenvalue weighted by molar-refractivity contribution is 7.98.